The molecule has 3 amide bonds. The number of para-hydroxylation sites is 1. The van der Waals surface area contributed by atoms with E-state index in [-0.39, 0.29) is 5.91 Å². The smallest absolute Gasteiger partial charge is 0.312 e. The van der Waals surface area contributed by atoms with Gasteiger partial charge in [-0.2, -0.15) is 5.10 Å². The molecule has 0 atom stereocenters. The van der Waals surface area contributed by atoms with E-state index < -0.39 is 11.8 Å². The van der Waals surface area contributed by atoms with Crippen LogP contribution in [-0.2, 0) is 9.59 Å². The van der Waals surface area contributed by atoms with Gasteiger partial charge in [-0.05, 0) is 25.0 Å². The van der Waals surface area contributed by atoms with Crippen LogP contribution >= 0.6 is 0 Å². The molecular formula is C26H27N5O3. The molecule has 5 rings (SSSR count). The van der Waals surface area contributed by atoms with Gasteiger partial charge in [-0.25, -0.2) is 4.68 Å². The summed E-state index contributed by atoms with van der Waals surface area (Å²) in [4.78, 5) is 43.6. The minimum absolute atomic E-state index is 0.126. The Hall–Kier alpha value is -3.94. The fraction of sp³-hybridized carbons (Fsp3) is 0.308. The molecule has 0 radical (unpaired) electrons. The zero-order chi connectivity index (χ0) is 23.5. The highest BCUT2D eigenvalue weighted by molar-refractivity contribution is 6.35. The van der Waals surface area contributed by atoms with E-state index >= 15 is 0 Å². The van der Waals surface area contributed by atoms with Gasteiger partial charge in [-0.15, -0.1) is 0 Å². The Labute approximate surface area is 198 Å². The maximum atomic E-state index is 13.6. The van der Waals surface area contributed by atoms with Crippen molar-refractivity contribution in [3.63, 3.8) is 0 Å². The van der Waals surface area contributed by atoms with Crippen LogP contribution in [0.15, 0.2) is 66.9 Å². The first kappa shape index (κ1) is 21.9. The predicted octanol–water partition coefficient (Wildman–Crippen LogP) is 2.45. The van der Waals surface area contributed by atoms with E-state index in [2.05, 4.69) is 0 Å². The lowest BCUT2D eigenvalue weighted by Gasteiger charge is -2.35. The number of piperazine rings is 1. The van der Waals surface area contributed by atoms with Crippen molar-refractivity contribution in [1.82, 2.24) is 24.5 Å². The minimum atomic E-state index is -0.462. The van der Waals surface area contributed by atoms with Crippen LogP contribution in [0.4, 0.5) is 0 Å². The predicted molar refractivity (Wildman–Crippen MR) is 127 cm³/mol. The quantitative estimate of drug-likeness (QED) is 0.566. The largest absolute Gasteiger partial charge is 0.335 e. The summed E-state index contributed by atoms with van der Waals surface area (Å²) in [7, 11) is 0. The number of benzene rings is 2. The summed E-state index contributed by atoms with van der Waals surface area (Å²) in [6, 6.07) is 19.3. The standard InChI is InChI=1S/C26H27N5O3/c32-24(29-15-17-30(18-16-29)26(34)25(33)28-13-7-8-14-28)22-19-31(21-11-5-2-6-12-21)27-23(22)20-9-3-1-4-10-20/h1-6,9-12,19H,7-8,13-18H2. The SMILES string of the molecule is O=C(C(=O)N1CCN(C(=O)c2cn(-c3ccccc3)nc2-c2ccccc2)CC1)N1CCCC1. The van der Waals surface area contributed by atoms with Crippen LogP contribution in [-0.4, -0.2) is 81.5 Å². The van der Waals surface area contributed by atoms with E-state index in [0.717, 1.165) is 24.1 Å². The van der Waals surface area contributed by atoms with Gasteiger partial charge in [0.1, 0.15) is 5.69 Å². The van der Waals surface area contributed by atoms with Crippen molar-refractivity contribution in [2.45, 2.75) is 12.8 Å². The third kappa shape index (κ3) is 4.31. The highest BCUT2D eigenvalue weighted by atomic mass is 16.2. The lowest BCUT2D eigenvalue weighted by molar-refractivity contribution is -0.152. The van der Waals surface area contributed by atoms with E-state index in [4.69, 9.17) is 5.10 Å². The lowest BCUT2D eigenvalue weighted by Crippen LogP contribution is -2.54. The second kappa shape index (κ2) is 9.51. The van der Waals surface area contributed by atoms with Crippen molar-refractivity contribution in [1.29, 1.82) is 0 Å². The molecule has 8 nitrogen and oxygen atoms in total. The highest BCUT2D eigenvalue weighted by Crippen LogP contribution is 2.25. The average Bonchev–Trinajstić information content (AvgIpc) is 3.60. The molecule has 3 aromatic rings. The second-order valence-electron chi connectivity index (χ2n) is 8.62. The summed E-state index contributed by atoms with van der Waals surface area (Å²) >= 11 is 0. The minimum Gasteiger partial charge on any atom is -0.335 e. The molecule has 0 unspecified atom stereocenters. The number of hydrogen-bond acceptors (Lipinski definition) is 4. The van der Waals surface area contributed by atoms with Crippen molar-refractivity contribution in [3.05, 3.63) is 72.4 Å². The van der Waals surface area contributed by atoms with Crippen molar-refractivity contribution in [2.75, 3.05) is 39.3 Å². The summed E-state index contributed by atoms with van der Waals surface area (Å²) in [5, 5.41) is 4.73. The topological polar surface area (TPSA) is 78.8 Å². The Morgan fingerprint density at radius 3 is 1.79 bits per heavy atom. The number of amides is 3. The Kier molecular flexibility index (Phi) is 6.12. The van der Waals surface area contributed by atoms with E-state index in [1.807, 2.05) is 60.7 Å². The fourth-order valence-corrected chi connectivity index (χ4v) is 4.53. The van der Waals surface area contributed by atoms with E-state index in [1.165, 1.54) is 0 Å². The molecule has 0 spiro atoms. The molecule has 34 heavy (non-hydrogen) atoms. The Bertz CT molecular complexity index is 1180. The summed E-state index contributed by atoms with van der Waals surface area (Å²) in [6.45, 7) is 2.74. The number of likely N-dealkylation sites (tertiary alicyclic amines) is 1. The zero-order valence-corrected chi connectivity index (χ0v) is 19.0. The van der Waals surface area contributed by atoms with Crippen LogP contribution in [0, 0.1) is 0 Å². The average molecular weight is 458 g/mol. The number of nitrogens with zero attached hydrogens (tertiary/aromatic N) is 5. The molecule has 3 heterocycles. The molecule has 8 heteroatoms. The Morgan fingerprint density at radius 1 is 0.647 bits per heavy atom. The third-order valence-corrected chi connectivity index (χ3v) is 6.44. The van der Waals surface area contributed by atoms with Crippen molar-refractivity contribution < 1.29 is 14.4 Å². The van der Waals surface area contributed by atoms with Crippen molar-refractivity contribution in [2.24, 2.45) is 0 Å². The molecule has 0 N–H and O–H groups in total. The lowest BCUT2D eigenvalue weighted by atomic mass is 10.1. The highest BCUT2D eigenvalue weighted by Gasteiger charge is 2.33. The van der Waals surface area contributed by atoms with E-state index in [1.54, 1.807) is 25.6 Å². The van der Waals surface area contributed by atoms with E-state index in [9.17, 15) is 14.4 Å². The number of hydrogen-bond donors (Lipinski definition) is 0. The maximum absolute atomic E-state index is 13.6. The van der Waals surface area contributed by atoms with Gasteiger partial charge >= 0.3 is 11.8 Å². The molecule has 1 aromatic heterocycles. The fourth-order valence-electron chi connectivity index (χ4n) is 4.53. The van der Waals surface area contributed by atoms with Crippen LogP contribution in [0.3, 0.4) is 0 Å². The molecule has 0 bridgehead atoms. The van der Waals surface area contributed by atoms with Crippen LogP contribution in [0.2, 0.25) is 0 Å². The van der Waals surface area contributed by atoms with Crippen LogP contribution < -0.4 is 0 Å². The third-order valence-electron chi connectivity index (χ3n) is 6.44. The van der Waals surface area contributed by atoms with Gasteiger partial charge in [-0.3, -0.25) is 14.4 Å². The Balaban J connectivity index is 1.34. The molecule has 2 aliphatic heterocycles. The molecule has 174 valence electrons. The number of carbonyl (C=O) groups excluding carboxylic acids is 3. The van der Waals surface area contributed by atoms with Gasteiger partial charge in [0.25, 0.3) is 5.91 Å². The van der Waals surface area contributed by atoms with Gasteiger partial charge in [0.15, 0.2) is 0 Å². The van der Waals surface area contributed by atoms with Crippen LogP contribution in [0.25, 0.3) is 16.9 Å². The maximum Gasteiger partial charge on any atom is 0.312 e. The van der Waals surface area contributed by atoms with Gasteiger partial charge in [0, 0.05) is 51.0 Å². The van der Waals surface area contributed by atoms with Gasteiger partial charge in [-0.1, -0.05) is 48.5 Å². The summed E-state index contributed by atoms with van der Waals surface area (Å²) in [5.74, 6) is -1.01. The molecule has 0 aliphatic carbocycles. The first-order chi connectivity index (χ1) is 16.6. The van der Waals surface area contributed by atoms with Gasteiger partial charge in [0.05, 0.1) is 11.3 Å². The second-order valence-corrected chi connectivity index (χ2v) is 8.62. The molecule has 2 fully saturated rings. The van der Waals surface area contributed by atoms with Crippen molar-refractivity contribution in [3.8, 4) is 16.9 Å². The summed E-state index contributed by atoms with van der Waals surface area (Å²) < 4.78 is 1.73. The zero-order valence-electron chi connectivity index (χ0n) is 19.0. The van der Waals surface area contributed by atoms with Gasteiger partial charge in [0.2, 0.25) is 0 Å². The molecule has 0 saturated carbocycles. The monoisotopic (exact) mass is 457 g/mol. The molecular weight excluding hydrogens is 430 g/mol. The van der Waals surface area contributed by atoms with Crippen LogP contribution in [0.5, 0.6) is 0 Å². The van der Waals surface area contributed by atoms with Crippen molar-refractivity contribution >= 4 is 17.7 Å². The first-order valence-electron chi connectivity index (χ1n) is 11.7. The number of aromatic nitrogens is 2. The molecule has 2 aliphatic rings. The van der Waals surface area contributed by atoms with Gasteiger partial charge < -0.3 is 14.7 Å². The first-order valence-corrected chi connectivity index (χ1v) is 11.7. The molecule has 2 saturated heterocycles. The van der Waals surface area contributed by atoms with E-state index in [0.29, 0.717) is 50.5 Å². The molecule has 2 aromatic carbocycles. The Morgan fingerprint density at radius 2 is 1.18 bits per heavy atom. The summed E-state index contributed by atoms with van der Waals surface area (Å²) in [6.07, 6.45) is 3.66. The van der Waals surface area contributed by atoms with Crippen LogP contribution in [0.1, 0.15) is 23.2 Å². The normalized spacial score (nSPS) is 16.1. The summed E-state index contributed by atoms with van der Waals surface area (Å²) in [5.41, 5.74) is 2.88. The number of carbonyl (C=O) groups is 3. The number of rotatable bonds is 3.